The first-order chi connectivity index (χ1) is 13.4. The number of carbonyl (C=O) groups excluding carboxylic acids is 2. The number of carbonyl (C=O) groups is 2. The summed E-state index contributed by atoms with van der Waals surface area (Å²) >= 11 is 6.54. The summed E-state index contributed by atoms with van der Waals surface area (Å²) < 4.78 is 6.61. The summed E-state index contributed by atoms with van der Waals surface area (Å²) in [5.41, 5.74) is 2.58. The number of hydrogen-bond acceptors (Lipinski definition) is 3. The maximum absolute atomic E-state index is 12.8. The van der Waals surface area contributed by atoms with Crippen LogP contribution in [-0.4, -0.2) is 11.8 Å². The molecule has 0 radical (unpaired) electrons. The molecule has 7 heteroatoms. The van der Waals surface area contributed by atoms with Crippen LogP contribution in [0.1, 0.15) is 21.7 Å². The fraction of sp³-hybridized carbons (Fsp3) is 0.0476. The van der Waals surface area contributed by atoms with Crippen LogP contribution in [0.15, 0.2) is 79.9 Å². The Kier molecular flexibility index (Phi) is 6.49. The lowest BCUT2D eigenvalue weighted by atomic mass is 10.1. The highest BCUT2D eigenvalue weighted by atomic mass is 79.9. The van der Waals surface area contributed by atoms with Gasteiger partial charge in [-0.15, -0.1) is 0 Å². The lowest BCUT2D eigenvalue weighted by Crippen LogP contribution is -2.30. The molecule has 0 spiro atoms. The van der Waals surface area contributed by atoms with Crippen molar-refractivity contribution in [3.8, 4) is 0 Å². The molecule has 0 fully saturated rings. The summed E-state index contributed by atoms with van der Waals surface area (Å²) in [5.74, 6) is -0.865. The van der Waals surface area contributed by atoms with Gasteiger partial charge in [-0.25, -0.2) is 0 Å². The molecule has 3 rings (SSSR count). The zero-order chi connectivity index (χ0) is 20.1. The molecule has 0 saturated heterocycles. The van der Waals surface area contributed by atoms with E-state index in [4.69, 9.17) is 4.42 Å². The Balaban J connectivity index is 1.86. The summed E-state index contributed by atoms with van der Waals surface area (Å²) in [6, 6.07) is 17.9. The van der Waals surface area contributed by atoms with Crippen LogP contribution >= 0.6 is 31.9 Å². The lowest BCUT2D eigenvalue weighted by Gasteiger charge is -2.11. The minimum atomic E-state index is -0.520. The number of amides is 2. The zero-order valence-electron chi connectivity index (χ0n) is 14.8. The van der Waals surface area contributed by atoms with Gasteiger partial charge < -0.3 is 15.1 Å². The predicted molar refractivity (Wildman–Crippen MR) is 116 cm³/mol. The van der Waals surface area contributed by atoms with Gasteiger partial charge in [0.25, 0.3) is 11.8 Å². The Bertz CT molecular complexity index is 1020. The molecule has 2 N–H and O–H groups in total. The number of anilines is 1. The Morgan fingerprint density at radius 2 is 1.61 bits per heavy atom. The van der Waals surface area contributed by atoms with Crippen molar-refractivity contribution in [1.82, 2.24) is 5.32 Å². The summed E-state index contributed by atoms with van der Waals surface area (Å²) in [7, 11) is 0. The van der Waals surface area contributed by atoms with Gasteiger partial charge in [-0.2, -0.15) is 0 Å². The molecule has 5 nitrogen and oxygen atoms in total. The molecule has 2 amide bonds. The van der Waals surface area contributed by atoms with Crippen LogP contribution in [-0.2, 0) is 4.79 Å². The number of nitrogens with one attached hydrogen (secondary N) is 2. The maximum atomic E-state index is 12.8. The van der Waals surface area contributed by atoms with Gasteiger partial charge in [0.15, 0.2) is 10.4 Å². The smallest absolute Gasteiger partial charge is 0.291 e. The van der Waals surface area contributed by atoms with Gasteiger partial charge in [-0.05, 0) is 70.9 Å². The van der Waals surface area contributed by atoms with Crippen molar-refractivity contribution in [3.05, 3.63) is 92.4 Å². The average molecular weight is 504 g/mol. The van der Waals surface area contributed by atoms with E-state index >= 15 is 0 Å². The number of furan rings is 1. The van der Waals surface area contributed by atoms with E-state index in [0.717, 1.165) is 15.6 Å². The van der Waals surface area contributed by atoms with Crippen molar-refractivity contribution in [1.29, 1.82) is 0 Å². The molecule has 142 valence electrons. The highest BCUT2D eigenvalue weighted by molar-refractivity contribution is 9.10. The molecule has 0 atom stereocenters. The number of rotatable bonds is 5. The van der Waals surface area contributed by atoms with Crippen LogP contribution in [0, 0.1) is 6.92 Å². The molecule has 0 unspecified atom stereocenters. The average Bonchev–Trinajstić information content (AvgIpc) is 3.11. The molecule has 1 aromatic heterocycles. The number of aryl methyl sites for hydroxylation is 1. The van der Waals surface area contributed by atoms with E-state index in [2.05, 4.69) is 42.5 Å². The maximum Gasteiger partial charge on any atom is 0.291 e. The molecule has 28 heavy (non-hydrogen) atoms. The van der Waals surface area contributed by atoms with E-state index in [9.17, 15) is 9.59 Å². The molecule has 1 heterocycles. The molecule has 0 aliphatic heterocycles. The third-order valence-electron chi connectivity index (χ3n) is 3.78. The van der Waals surface area contributed by atoms with Crippen molar-refractivity contribution in [2.75, 3.05) is 5.32 Å². The van der Waals surface area contributed by atoms with Crippen molar-refractivity contribution in [2.24, 2.45) is 0 Å². The van der Waals surface area contributed by atoms with E-state index in [1.165, 1.54) is 6.07 Å². The molecule has 0 aliphatic rings. The molecule has 0 saturated carbocycles. The Labute approximate surface area is 179 Å². The van der Waals surface area contributed by atoms with Crippen LogP contribution in [0.4, 0.5) is 5.69 Å². The molecular formula is C21H16Br2N2O3. The summed E-state index contributed by atoms with van der Waals surface area (Å²) in [5, 5.41) is 5.42. The second-order valence-electron chi connectivity index (χ2n) is 5.99. The predicted octanol–water partition coefficient (Wildman–Crippen LogP) is 5.52. The quantitative estimate of drug-likeness (QED) is 0.450. The molecule has 2 aromatic carbocycles. The minimum absolute atomic E-state index is 0.0942. The molecule has 0 aliphatic carbocycles. The minimum Gasteiger partial charge on any atom is -0.444 e. The molecule has 0 bridgehead atoms. The molecule has 3 aromatic rings. The van der Waals surface area contributed by atoms with Gasteiger partial charge in [0, 0.05) is 10.2 Å². The van der Waals surface area contributed by atoms with Crippen LogP contribution in [0.5, 0.6) is 0 Å². The topological polar surface area (TPSA) is 71.3 Å². The highest BCUT2D eigenvalue weighted by Gasteiger charge is 2.17. The van der Waals surface area contributed by atoms with Crippen molar-refractivity contribution in [2.45, 2.75) is 6.92 Å². The van der Waals surface area contributed by atoms with Crippen LogP contribution in [0.2, 0.25) is 0 Å². The van der Waals surface area contributed by atoms with Crippen molar-refractivity contribution < 1.29 is 14.0 Å². The third kappa shape index (κ3) is 5.43. The Morgan fingerprint density at radius 1 is 0.929 bits per heavy atom. The van der Waals surface area contributed by atoms with E-state index in [0.29, 0.717) is 10.4 Å². The van der Waals surface area contributed by atoms with E-state index in [1.54, 1.807) is 24.3 Å². The second kappa shape index (κ2) is 9.03. The zero-order valence-corrected chi connectivity index (χ0v) is 18.0. The van der Waals surface area contributed by atoms with Gasteiger partial charge in [0.05, 0.1) is 0 Å². The van der Waals surface area contributed by atoms with Gasteiger partial charge in [-0.3, -0.25) is 9.59 Å². The fourth-order valence-corrected chi connectivity index (χ4v) is 2.91. The van der Waals surface area contributed by atoms with E-state index < -0.39 is 11.8 Å². The largest absolute Gasteiger partial charge is 0.444 e. The van der Waals surface area contributed by atoms with Crippen LogP contribution in [0.3, 0.4) is 0 Å². The number of hydrogen-bond donors (Lipinski definition) is 2. The van der Waals surface area contributed by atoms with E-state index in [-0.39, 0.29) is 11.5 Å². The SMILES string of the molecule is Cc1ccc(NC(=O)/C(=C\c2ccc(Br)cc2)NC(=O)c2ccc(Br)o2)cc1. The van der Waals surface area contributed by atoms with Gasteiger partial charge in [0.2, 0.25) is 0 Å². The summed E-state index contributed by atoms with van der Waals surface area (Å²) in [4.78, 5) is 25.3. The van der Waals surface area contributed by atoms with Crippen LogP contribution < -0.4 is 10.6 Å². The first-order valence-corrected chi connectivity index (χ1v) is 9.91. The Morgan fingerprint density at radius 3 is 2.21 bits per heavy atom. The van der Waals surface area contributed by atoms with Gasteiger partial charge in [-0.1, -0.05) is 45.8 Å². The summed E-state index contributed by atoms with van der Waals surface area (Å²) in [6.45, 7) is 1.96. The number of benzene rings is 2. The standard InChI is InChI=1S/C21H16Br2N2O3/c1-13-2-8-16(9-3-13)24-20(26)17(12-14-4-6-15(22)7-5-14)25-21(27)18-10-11-19(23)28-18/h2-12H,1H3,(H,24,26)(H,25,27)/b17-12+. The van der Waals surface area contributed by atoms with Crippen LogP contribution in [0.25, 0.3) is 6.08 Å². The third-order valence-corrected chi connectivity index (χ3v) is 4.74. The fourth-order valence-electron chi connectivity index (χ4n) is 2.34. The van der Waals surface area contributed by atoms with E-state index in [1.807, 2.05) is 43.3 Å². The first kappa shape index (κ1) is 20.1. The second-order valence-corrected chi connectivity index (χ2v) is 7.68. The normalized spacial score (nSPS) is 11.2. The van der Waals surface area contributed by atoms with Gasteiger partial charge in [0.1, 0.15) is 5.70 Å². The first-order valence-electron chi connectivity index (χ1n) is 8.33. The molecular weight excluding hydrogens is 488 g/mol. The van der Waals surface area contributed by atoms with Gasteiger partial charge >= 0.3 is 0 Å². The lowest BCUT2D eigenvalue weighted by molar-refractivity contribution is -0.113. The van der Waals surface area contributed by atoms with Crippen molar-refractivity contribution in [3.63, 3.8) is 0 Å². The summed E-state index contributed by atoms with van der Waals surface area (Å²) in [6.07, 6.45) is 1.60. The number of halogens is 2. The Hall–Kier alpha value is -2.64. The highest BCUT2D eigenvalue weighted by Crippen LogP contribution is 2.17. The monoisotopic (exact) mass is 502 g/mol. The van der Waals surface area contributed by atoms with Crippen molar-refractivity contribution >= 4 is 55.4 Å².